The molecule has 0 bridgehead atoms. The number of fused-ring (bicyclic) bond motifs is 1. The van der Waals surface area contributed by atoms with Crippen molar-refractivity contribution in [3.8, 4) is 17.2 Å². The van der Waals surface area contributed by atoms with Gasteiger partial charge in [0.2, 0.25) is 12.7 Å². The molecule has 0 fully saturated rings. The minimum atomic E-state index is -0.361. The highest BCUT2D eigenvalue weighted by atomic mass is 16.7. The van der Waals surface area contributed by atoms with Crippen molar-refractivity contribution in [1.29, 1.82) is 0 Å². The summed E-state index contributed by atoms with van der Waals surface area (Å²) < 4.78 is 15.9. The van der Waals surface area contributed by atoms with Gasteiger partial charge in [0.1, 0.15) is 11.4 Å². The molecule has 1 aromatic heterocycles. The third-order valence-corrected chi connectivity index (χ3v) is 4.12. The van der Waals surface area contributed by atoms with Gasteiger partial charge in [0, 0.05) is 18.0 Å². The maximum Gasteiger partial charge on any atom is 0.274 e. The van der Waals surface area contributed by atoms with Crippen LogP contribution in [0.15, 0.2) is 48.7 Å². The number of ether oxygens (including phenoxy) is 3. The summed E-state index contributed by atoms with van der Waals surface area (Å²) in [6.45, 7) is 2.14. The second kappa shape index (κ2) is 7.43. The highest BCUT2D eigenvalue weighted by molar-refractivity contribution is 6.03. The first-order chi connectivity index (χ1) is 13.6. The van der Waals surface area contributed by atoms with Crippen LogP contribution in [0.5, 0.6) is 17.2 Å². The van der Waals surface area contributed by atoms with Crippen LogP contribution in [0, 0.1) is 6.92 Å². The average Bonchev–Trinajstić information content (AvgIpc) is 3.16. The van der Waals surface area contributed by atoms with E-state index in [0.29, 0.717) is 28.9 Å². The maximum absolute atomic E-state index is 12.6. The summed E-state index contributed by atoms with van der Waals surface area (Å²) in [5.41, 5.74) is 2.53. The number of carbonyl (C=O) groups excluding carboxylic acids is 1. The molecule has 8 heteroatoms. The maximum atomic E-state index is 12.6. The Morgan fingerprint density at radius 1 is 1.11 bits per heavy atom. The van der Waals surface area contributed by atoms with E-state index in [1.165, 1.54) is 6.20 Å². The van der Waals surface area contributed by atoms with Gasteiger partial charge in [-0.3, -0.25) is 4.79 Å². The third-order valence-electron chi connectivity index (χ3n) is 4.12. The quantitative estimate of drug-likeness (QED) is 0.701. The molecule has 0 aliphatic carbocycles. The lowest BCUT2D eigenvalue weighted by Gasteiger charge is -2.11. The summed E-state index contributed by atoms with van der Waals surface area (Å²) in [5, 5.41) is 5.89. The Morgan fingerprint density at radius 3 is 2.82 bits per heavy atom. The molecule has 1 aliphatic rings. The molecule has 2 heterocycles. The van der Waals surface area contributed by atoms with Crippen LogP contribution in [0.2, 0.25) is 0 Å². The largest absolute Gasteiger partial charge is 0.495 e. The van der Waals surface area contributed by atoms with E-state index in [0.717, 1.165) is 11.3 Å². The zero-order chi connectivity index (χ0) is 19.5. The lowest BCUT2D eigenvalue weighted by molar-refractivity contribution is 0.102. The Hall–Kier alpha value is -3.81. The molecule has 1 amide bonds. The molecule has 142 valence electrons. The highest BCUT2D eigenvalue weighted by Gasteiger charge is 2.15. The predicted octanol–water partition coefficient (Wildman–Crippen LogP) is 3.52. The molecule has 2 aromatic carbocycles. The topological polar surface area (TPSA) is 94.6 Å². The van der Waals surface area contributed by atoms with Crippen molar-refractivity contribution in [2.24, 2.45) is 0 Å². The van der Waals surface area contributed by atoms with Crippen LogP contribution in [0.4, 0.5) is 17.3 Å². The second-order valence-electron chi connectivity index (χ2n) is 6.12. The molecule has 4 rings (SSSR count). The Bertz CT molecular complexity index is 1040. The molecule has 2 N–H and O–H groups in total. The zero-order valence-electron chi connectivity index (χ0n) is 15.4. The number of amides is 1. The van der Waals surface area contributed by atoms with E-state index in [2.05, 4.69) is 20.6 Å². The summed E-state index contributed by atoms with van der Waals surface area (Å²) in [6.07, 6.45) is 1.52. The van der Waals surface area contributed by atoms with Crippen LogP contribution < -0.4 is 24.8 Å². The van der Waals surface area contributed by atoms with Gasteiger partial charge >= 0.3 is 0 Å². The molecule has 8 nitrogen and oxygen atoms in total. The van der Waals surface area contributed by atoms with Gasteiger partial charge in [0.15, 0.2) is 11.5 Å². The first-order valence-electron chi connectivity index (χ1n) is 8.58. The Kier molecular flexibility index (Phi) is 4.67. The summed E-state index contributed by atoms with van der Waals surface area (Å²) in [7, 11) is 1.55. The smallest absolute Gasteiger partial charge is 0.274 e. The summed E-state index contributed by atoms with van der Waals surface area (Å²) in [4.78, 5) is 21.1. The molecule has 1 aliphatic heterocycles. The molecule has 3 aromatic rings. The van der Waals surface area contributed by atoms with Crippen molar-refractivity contribution < 1.29 is 19.0 Å². The van der Waals surface area contributed by atoms with Crippen molar-refractivity contribution in [3.63, 3.8) is 0 Å². The fourth-order valence-electron chi connectivity index (χ4n) is 2.75. The van der Waals surface area contributed by atoms with Gasteiger partial charge in [-0.15, -0.1) is 0 Å². The van der Waals surface area contributed by atoms with Crippen LogP contribution in [0.3, 0.4) is 0 Å². The van der Waals surface area contributed by atoms with E-state index >= 15 is 0 Å². The number of methoxy groups -OCH3 is 1. The van der Waals surface area contributed by atoms with E-state index < -0.39 is 0 Å². The van der Waals surface area contributed by atoms with Gasteiger partial charge in [0.25, 0.3) is 5.91 Å². The van der Waals surface area contributed by atoms with E-state index in [9.17, 15) is 4.79 Å². The summed E-state index contributed by atoms with van der Waals surface area (Å²) >= 11 is 0. The Balaban J connectivity index is 1.52. The number of nitrogens with zero attached hydrogens (tertiary/aromatic N) is 2. The number of hydrogen-bond acceptors (Lipinski definition) is 7. The molecule has 0 radical (unpaired) electrons. The Morgan fingerprint density at radius 2 is 1.96 bits per heavy atom. The van der Waals surface area contributed by atoms with Crippen molar-refractivity contribution in [2.75, 3.05) is 24.5 Å². The predicted molar refractivity (Wildman–Crippen MR) is 104 cm³/mol. The summed E-state index contributed by atoms with van der Waals surface area (Å²) in [6, 6.07) is 12.5. The van der Waals surface area contributed by atoms with Crippen molar-refractivity contribution in [3.05, 3.63) is 59.9 Å². The SMILES string of the molecule is COc1ccc(C)cc1NC(=O)c1ccnc(Nc2ccc3c(c2)OCO3)n1. The molecule has 28 heavy (non-hydrogen) atoms. The third kappa shape index (κ3) is 3.66. The highest BCUT2D eigenvalue weighted by Crippen LogP contribution is 2.34. The van der Waals surface area contributed by atoms with Gasteiger partial charge in [-0.05, 0) is 42.8 Å². The number of anilines is 3. The van der Waals surface area contributed by atoms with Gasteiger partial charge in [-0.2, -0.15) is 0 Å². The minimum Gasteiger partial charge on any atom is -0.495 e. The van der Waals surface area contributed by atoms with Crippen LogP contribution in [-0.2, 0) is 0 Å². The minimum absolute atomic E-state index is 0.202. The number of nitrogens with one attached hydrogen (secondary N) is 2. The van der Waals surface area contributed by atoms with Gasteiger partial charge in [-0.1, -0.05) is 6.07 Å². The normalized spacial score (nSPS) is 11.8. The zero-order valence-corrected chi connectivity index (χ0v) is 15.4. The summed E-state index contributed by atoms with van der Waals surface area (Å²) in [5.74, 6) is 1.84. The molecule has 0 spiro atoms. The van der Waals surface area contributed by atoms with Crippen LogP contribution in [-0.4, -0.2) is 29.8 Å². The van der Waals surface area contributed by atoms with Gasteiger partial charge < -0.3 is 24.8 Å². The number of hydrogen-bond donors (Lipinski definition) is 2. The number of benzene rings is 2. The van der Waals surface area contributed by atoms with E-state index in [-0.39, 0.29) is 18.4 Å². The van der Waals surface area contributed by atoms with E-state index in [1.807, 2.05) is 25.1 Å². The van der Waals surface area contributed by atoms with Crippen LogP contribution in [0.1, 0.15) is 16.1 Å². The molecule has 0 saturated carbocycles. The van der Waals surface area contributed by atoms with Crippen LogP contribution in [0.25, 0.3) is 0 Å². The lowest BCUT2D eigenvalue weighted by atomic mass is 10.2. The standard InChI is InChI=1S/C20H18N4O4/c1-12-3-5-16(26-2)15(9-12)23-19(25)14-7-8-21-20(24-14)22-13-4-6-17-18(10-13)28-11-27-17/h3-10H,11H2,1-2H3,(H,23,25)(H,21,22,24). The van der Waals surface area contributed by atoms with Gasteiger partial charge in [-0.25, -0.2) is 9.97 Å². The van der Waals surface area contributed by atoms with Crippen molar-refractivity contribution >= 4 is 23.2 Å². The molecule has 0 saturated heterocycles. The molecular formula is C20H18N4O4. The second-order valence-corrected chi connectivity index (χ2v) is 6.12. The average molecular weight is 378 g/mol. The lowest BCUT2D eigenvalue weighted by Crippen LogP contribution is -2.15. The van der Waals surface area contributed by atoms with E-state index in [1.54, 1.807) is 31.4 Å². The van der Waals surface area contributed by atoms with Crippen LogP contribution >= 0.6 is 0 Å². The fraction of sp³-hybridized carbons (Fsp3) is 0.150. The fourth-order valence-corrected chi connectivity index (χ4v) is 2.75. The molecule has 0 unspecified atom stereocenters. The number of aromatic nitrogens is 2. The van der Waals surface area contributed by atoms with Crippen molar-refractivity contribution in [1.82, 2.24) is 9.97 Å². The number of carbonyl (C=O) groups is 1. The molecular weight excluding hydrogens is 360 g/mol. The molecule has 0 atom stereocenters. The number of aryl methyl sites for hydroxylation is 1. The monoisotopic (exact) mass is 378 g/mol. The Labute approximate surface area is 161 Å². The first kappa shape index (κ1) is 17.6. The van der Waals surface area contributed by atoms with E-state index in [4.69, 9.17) is 14.2 Å². The number of rotatable bonds is 5. The first-order valence-corrected chi connectivity index (χ1v) is 8.58. The van der Waals surface area contributed by atoms with Crippen molar-refractivity contribution in [2.45, 2.75) is 6.92 Å². The van der Waals surface area contributed by atoms with Gasteiger partial charge in [0.05, 0.1) is 12.8 Å².